The van der Waals surface area contributed by atoms with Crippen LogP contribution in [-0.4, -0.2) is 48.3 Å². The first-order valence-electron chi connectivity index (χ1n) is 7.10. The molecular weight excluding hydrogens is 256 g/mol. The summed E-state index contributed by atoms with van der Waals surface area (Å²) < 4.78 is 5.61. The molecular formula is C15H22N2O3. The number of aliphatic carboxylic acids is 1. The number of ether oxygens (including phenoxy) is 1. The van der Waals surface area contributed by atoms with Gasteiger partial charge in [0, 0.05) is 26.2 Å². The van der Waals surface area contributed by atoms with Crippen LogP contribution in [0.4, 0.5) is 0 Å². The number of piperazine rings is 1. The first-order chi connectivity index (χ1) is 9.70. The van der Waals surface area contributed by atoms with Gasteiger partial charge in [0.05, 0.1) is 6.61 Å². The van der Waals surface area contributed by atoms with Gasteiger partial charge in [0.1, 0.15) is 11.8 Å². The molecule has 1 fully saturated rings. The molecule has 0 aromatic heterocycles. The topological polar surface area (TPSA) is 61.8 Å². The molecule has 1 saturated heterocycles. The third-order valence-corrected chi connectivity index (χ3v) is 3.40. The number of rotatable bonds is 6. The van der Waals surface area contributed by atoms with Gasteiger partial charge in [0.25, 0.3) is 0 Å². The number of nitrogens with one attached hydrogen (secondary N) is 1. The Balaban J connectivity index is 2.02. The summed E-state index contributed by atoms with van der Waals surface area (Å²) in [5, 5.41) is 12.4. The standard InChI is InChI=1S/C15H22N2O3/c1-2-8-20-13-5-3-4-12(9-13)11-17-7-6-16-10-14(17)15(18)19/h3-5,9,14,16H,2,6-8,10-11H2,1H3,(H,18,19). The normalized spacial score (nSPS) is 19.8. The van der Waals surface area contributed by atoms with Crippen molar-refractivity contribution in [2.75, 3.05) is 26.2 Å². The predicted molar refractivity (Wildman–Crippen MR) is 76.9 cm³/mol. The fourth-order valence-electron chi connectivity index (χ4n) is 2.37. The van der Waals surface area contributed by atoms with Crippen LogP contribution < -0.4 is 10.1 Å². The SMILES string of the molecule is CCCOc1cccc(CN2CCNCC2C(=O)O)c1. The lowest BCUT2D eigenvalue weighted by Gasteiger charge is -2.33. The van der Waals surface area contributed by atoms with Crippen molar-refractivity contribution in [3.05, 3.63) is 29.8 Å². The minimum absolute atomic E-state index is 0.455. The molecule has 5 heteroatoms. The van der Waals surface area contributed by atoms with Crippen LogP contribution in [0, 0.1) is 0 Å². The van der Waals surface area contributed by atoms with Gasteiger partial charge in [-0.3, -0.25) is 9.69 Å². The quantitative estimate of drug-likeness (QED) is 0.822. The van der Waals surface area contributed by atoms with Gasteiger partial charge in [-0.25, -0.2) is 0 Å². The van der Waals surface area contributed by atoms with E-state index in [0.717, 1.165) is 30.8 Å². The van der Waals surface area contributed by atoms with Crippen molar-refractivity contribution in [1.29, 1.82) is 0 Å². The fourth-order valence-corrected chi connectivity index (χ4v) is 2.37. The monoisotopic (exact) mass is 278 g/mol. The zero-order chi connectivity index (χ0) is 14.4. The first-order valence-corrected chi connectivity index (χ1v) is 7.10. The van der Waals surface area contributed by atoms with E-state index < -0.39 is 12.0 Å². The molecule has 2 rings (SSSR count). The lowest BCUT2D eigenvalue weighted by molar-refractivity contribution is -0.144. The van der Waals surface area contributed by atoms with Crippen molar-refractivity contribution in [1.82, 2.24) is 10.2 Å². The summed E-state index contributed by atoms with van der Waals surface area (Å²) >= 11 is 0. The molecule has 110 valence electrons. The number of carbonyl (C=O) groups is 1. The molecule has 0 bridgehead atoms. The van der Waals surface area contributed by atoms with E-state index in [1.54, 1.807) is 0 Å². The van der Waals surface area contributed by atoms with Crippen LogP contribution in [0.15, 0.2) is 24.3 Å². The number of benzene rings is 1. The van der Waals surface area contributed by atoms with Crippen LogP contribution in [0.1, 0.15) is 18.9 Å². The summed E-state index contributed by atoms with van der Waals surface area (Å²) in [5.41, 5.74) is 1.09. The van der Waals surface area contributed by atoms with Crippen LogP contribution in [0.2, 0.25) is 0 Å². The summed E-state index contributed by atoms with van der Waals surface area (Å²) in [6.45, 7) is 5.49. The first kappa shape index (κ1) is 14.8. The third-order valence-electron chi connectivity index (χ3n) is 3.40. The van der Waals surface area contributed by atoms with Crippen LogP contribution in [-0.2, 0) is 11.3 Å². The third kappa shape index (κ3) is 3.95. The molecule has 1 heterocycles. The highest BCUT2D eigenvalue weighted by molar-refractivity contribution is 5.74. The lowest BCUT2D eigenvalue weighted by atomic mass is 10.1. The predicted octanol–water partition coefficient (Wildman–Crippen LogP) is 1.33. The minimum Gasteiger partial charge on any atom is -0.494 e. The number of nitrogens with zero attached hydrogens (tertiary/aromatic N) is 1. The van der Waals surface area contributed by atoms with Crippen molar-refractivity contribution in [2.24, 2.45) is 0 Å². The van der Waals surface area contributed by atoms with Crippen LogP contribution in [0.3, 0.4) is 0 Å². The fraction of sp³-hybridized carbons (Fsp3) is 0.533. The molecule has 1 unspecified atom stereocenters. The molecule has 1 atom stereocenters. The highest BCUT2D eigenvalue weighted by Crippen LogP contribution is 2.17. The summed E-state index contributed by atoms with van der Waals surface area (Å²) in [5.74, 6) is 0.0851. The van der Waals surface area contributed by atoms with Gasteiger partial charge in [-0.2, -0.15) is 0 Å². The van der Waals surface area contributed by atoms with Gasteiger partial charge in [-0.05, 0) is 24.1 Å². The van der Waals surface area contributed by atoms with Gasteiger partial charge in [0.2, 0.25) is 0 Å². The molecule has 2 N–H and O–H groups in total. The Morgan fingerprint density at radius 2 is 2.40 bits per heavy atom. The molecule has 20 heavy (non-hydrogen) atoms. The maximum absolute atomic E-state index is 11.3. The highest BCUT2D eigenvalue weighted by Gasteiger charge is 2.28. The Kier molecular flexibility index (Phi) is 5.38. The van der Waals surface area contributed by atoms with Crippen LogP contribution >= 0.6 is 0 Å². The summed E-state index contributed by atoms with van der Waals surface area (Å²) in [6, 6.07) is 7.45. The molecule has 0 saturated carbocycles. The van der Waals surface area contributed by atoms with Crippen molar-refractivity contribution in [2.45, 2.75) is 25.9 Å². The Morgan fingerprint density at radius 1 is 1.55 bits per heavy atom. The van der Waals surface area contributed by atoms with Crippen LogP contribution in [0.5, 0.6) is 5.75 Å². The van der Waals surface area contributed by atoms with E-state index in [1.807, 2.05) is 29.2 Å². The Hall–Kier alpha value is -1.59. The molecule has 0 amide bonds. The van der Waals surface area contributed by atoms with E-state index in [-0.39, 0.29) is 0 Å². The van der Waals surface area contributed by atoms with Gasteiger partial charge in [-0.15, -0.1) is 0 Å². The average molecular weight is 278 g/mol. The number of carboxylic acid groups (broad SMARTS) is 1. The summed E-state index contributed by atoms with van der Waals surface area (Å²) in [6.07, 6.45) is 0.975. The van der Waals surface area contributed by atoms with Gasteiger partial charge in [0.15, 0.2) is 0 Å². The van der Waals surface area contributed by atoms with E-state index in [2.05, 4.69) is 12.2 Å². The van der Waals surface area contributed by atoms with Crippen molar-refractivity contribution in [3.8, 4) is 5.75 Å². The minimum atomic E-state index is -0.768. The second kappa shape index (κ2) is 7.26. The highest BCUT2D eigenvalue weighted by atomic mass is 16.5. The second-order valence-electron chi connectivity index (χ2n) is 5.02. The van der Waals surface area contributed by atoms with E-state index >= 15 is 0 Å². The Morgan fingerprint density at radius 3 is 3.15 bits per heavy atom. The molecule has 0 radical (unpaired) electrons. The van der Waals surface area contributed by atoms with Crippen molar-refractivity contribution >= 4 is 5.97 Å². The Labute approximate surface area is 119 Å². The van der Waals surface area contributed by atoms with E-state index in [4.69, 9.17) is 4.74 Å². The Bertz CT molecular complexity index is 450. The molecule has 1 aromatic rings. The van der Waals surface area contributed by atoms with E-state index in [1.165, 1.54) is 0 Å². The van der Waals surface area contributed by atoms with Gasteiger partial charge in [-0.1, -0.05) is 19.1 Å². The van der Waals surface area contributed by atoms with Crippen molar-refractivity contribution in [3.63, 3.8) is 0 Å². The molecule has 1 aromatic carbocycles. The molecule has 0 spiro atoms. The summed E-state index contributed by atoms with van der Waals surface area (Å²) in [4.78, 5) is 13.3. The second-order valence-corrected chi connectivity index (χ2v) is 5.02. The molecule has 1 aliphatic heterocycles. The maximum atomic E-state index is 11.3. The molecule has 1 aliphatic rings. The van der Waals surface area contributed by atoms with Gasteiger partial charge < -0.3 is 15.2 Å². The largest absolute Gasteiger partial charge is 0.494 e. The number of hydrogen-bond donors (Lipinski definition) is 2. The van der Waals surface area contributed by atoms with Gasteiger partial charge >= 0.3 is 5.97 Å². The zero-order valence-corrected chi connectivity index (χ0v) is 11.8. The number of carboxylic acids is 1. The van der Waals surface area contributed by atoms with E-state index in [9.17, 15) is 9.90 Å². The van der Waals surface area contributed by atoms with Crippen molar-refractivity contribution < 1.29 is 14.6 Å². The number of hydrogen-bond acceptors (Lipinski definition) is 4. The average Bonchev–Trinajstić information content (AvgIpc) is 2.46. The van der Waals surface area contributed by atoms with E-state index in [0.29, 0.717) is 19.7 Å². The lowest BCUT2D eigenvalue weighted by Crippen LogP contribution is -2.54. The summed E-state index contributed by atoms with van der Waals surface area (Å²) in [7, 11) is 0. The molecule has 5 nitrogen and oxygen atoms in total. The van der Waals surface area contributed by atoms with Crippen LogP contribution in [0.25, 0.3) is 0 Å². The zero-order valence-electron chi connectivity index (χ0n) is 11.8. The smallest absolute Gasteiger partial charge is 0.322 e. The maximum Gasteiger partial charge on any atom is 0.322 e. The molecule has 0 aliphatic carbocycles.